The Hall–Kier alpha value is -2.07. The van der Waals surface area contributed by atoms with Gasteiger partial charge in [0.05, 0.1) is 9.73 Å². The van der Waals surface area contributed by atoms with Crippen LogP contribution in [0.3, 0.4) is 0 Å². The van der Waals surface area contributed by atoms with Crippen LogP contribution in [0, 0.1) is 17.4 Å². The lowest BCUT2D eigenvalue weighted by Crippen LogP contribution is -2.34. The Balaban J connectivity index is 1.69. The fourth-order valence-electron chi connectivity index (χ4n) is 2.32. The predicted octanol–water partition coefficient (Wildman–Crippen LogP) is 2.27. The molecule has 1 saturated heterocycles. The molecule has 0 aliphatic carbocycles. The fraction of sp³-hybridized carbons (Fsp3) is 0.467. The maximum Gasteiger partial charge on any atom is 0.407 e. The molecule has 0 saturated carbocycles. The fourth-order valence-corrected chi connectivity index (χ4v) is 4.26. The van der Waals surface area contributed by atoms with E-state index >= 15 is 0 Å². The summed E-state index contributed by atoms with van der Waals surface area (Å²) in [5, 5.41) is 11.2. The van der Waals surface area contributed by atoms with Crippen LogP contribution in [0.5, 0.6) is 0 Å². The van der Waals surface area contributed by atoms with Gasteiger partial charge in [-0.25, -0.2) is 9.00 Å². The molecule has 1 aliphatic heterocycles. The third kappa shape index (κ3) is 5.04. The van der Waals surface area contributed by atoms with Crippen molar-refractivity contribution in [2.75, 3.05) is 18.1 Å². The van der Waals surface area contributed by atoms with E-state index in [0.717, 1.165) is 5.56 Å². The van der Waals surface area contributed by atoms with E-state index in [4.69, 9.17) is 10.00 Å². The molecular weight excluding hydrogens is 302 g/mol. The van der Waals surface area contributed by atoms with Crippen LogP contribution >= 0.6 is 0 Å². The number of hydrogen-bond acceptors (Lipinski definition) is 5. The Morgan fingerprint density at radius 3 is 2.68 bits per heavy atom. The average molecular weight is 321 g/mol. The van der Waals surface area contributed by atoms with E-state index in [0.29, 0.717) is 30.9 Å². The van der Waals surface area contributed by atoms with Gasteiger partial charge in [-0.2, -0.15) is 5.26 Å². The van der Waals surface area contributed by atoms with Gasteiger partial charge < -0.3 is 10.1 Å². The van der Waals surface area contributed by atoms with E-state index in [1.54, 1.807) is 6.19 Å². The summed E-state index contributed by atoms with van der Waals surface area (Å²) in [6.07, 6.45) is 2.58. The first kappa shape index (κ1) is 16.3. The molecule has 2 rings (SSSR count). The molecule has 7 heteroatoms. The van der Waals surface area contributed by atoms with Crippen LogP contribution in [-0.4, -0.2) is 28.4 Å². The van der Waals surface area contributed by atoms with Crippen molar-refractivity contribution in [3.63, 3.8) is 0 Å². The number of nitriles is 1. The number of hydrogen-bond donors (Lipinski definition) is 1. The first-order valence-corrected chi connectivity index (χ1v) is 9.02. The first-order valence-electron chi connectivity index (χ1n) is 7.16. The number of ether oxygens (including phenoxy) is 1. The normalized spacial score (nSPS) is 24.0. The number of alkyl carbamates (subject to hydrolysis) is 1. The van der Waals surface area contributed by atoms with E-state index in [2.05, 4.69) is 9.68 Å². The van der Waals surface area contributed by atoms with E-state index in [1.165, 1.54) is 0 Å². The molecule has 0 aromatic heterocycles. The maximum atomic E-state index is 12.0. The quantitative estimate of drug-likeness (QED) is 0.861. The number of carbonyl (C=O) groups is 1. The molecule has 1 aliphatic rings. The molecule has 0 atom stereocenters. The largest absolute Gasteiger partial charge is 0.445 e. The Bertz CT molecular complexity index is 646. The Morgan fingerprint density at radius 1 is 1.36 bits per heavy atom. The molecule has 1 heterocycles. The van der Waals surface area contributed by atoms with Crippen LogP contribution in [0.1, 0.15) is 18.4 Å². The number of carbonyl (C=O) groups excluding carboxylic acids is 1. The van der Waals surface area contributed by atoms with Crippen LogP contribution in [0.4, 0.5) is 4.79 Å². The molecular formula is C15H19N3O3S. The highest BCUT2D eigenvalue weighted by atomic mass is 32.2. The molecule has 1 fully saturated rings. The van der Waals surface area contributed by atoms with E-state index < -0.39 is 15.8 Å². The van der Waals surface area contributed by atoms with Crippen molar-refractivity contribution >= 4 is 15.8 Å². The molecule has 0 unspecified atom stereocenters. The van der Waals surface area contributed by atoms with Gasteiger partial charge in [-0.15, -0.1) is 4.36 Å². The third-order valence-corrected chi connectivity index (χ3v) is 5.81. The van der Waals surface area contributed by atoms with Crippen molar-refractivity contribution in [3.8, 4) is 6.19 Å². The van der Waals surface area contributed by atoms with Gasteiger partial charge >= 0.3 is 6.09 Å². The lowest BCUT2D eigenvalue weighted by molar-refractivity contribution is 0.137. The van der Waals surface area contributed by atoms with E-state index in [1.807, 2.05) is 30.3 Å². The monoisotopic (exact) mass is 321 g/mol. The molecule has 0 spiro atoms. The van der Waals surface area contributed by atoms with Crippen LogP contribution in [0.2, 0.25) is 0 Å². The molecule has 0 radical (unpaired) electrons. The van der Waals surface area contributed by atoms with Crippen LogP contribution in [-0.2, 0) is 21.1 Å². The third-order valence-electron chi connectivity index (χ3n) is 3.65. The van der Waals surface area contributed by atoms with Crippen molar-refractivity contribution in [3.05, 3.63) is 35.9 Å². The minimum Gasteiger partial charge on any atom is -0.445 e. The molecule has 0 bridgehead atoms. The van der Waals surface area contributed by atoms with Gasteiger partial charge in [0, 0.05) is 18.1 Å². The zero-order chi connectivity index (χ0) is 15.8. The second-order valence-corrected chi connectivity index (χ2v) is 7.80. The molecule has 1 amide bonds. The number of nitrogens with one attached hydrogen (secondary N) is 1. The highest BCUT2D eigenvalue weighted by Gasteiger charge is 2.23. The Kier molecular flexibility index (Phi) is 5.78. The van der Waals surface area contributed by atoms with Gasteiger partial charge in [0.2, 0.25) is 6.19 Å². The summed E-state index contributed by atoms with van der Waals surface area (Å²) in [6, 6.07) is 9.47. The van der Waals surface area contributed by atoms with Gasteiger partial charge in [0.1, 0.15) is 6.61 Å². The lowest BCUT2D eigenvalue weighted by Gasteiger charge is -2.23. The summed E-state index contributed by atoms with van der Waals surface area (Å²) in [5.74, 6) is 1.10. The summed E-state index contributed by atoms with van der Waals surface area (Å²) >= 11 is 0. The van der Waals surface area contributed by atoms with Gasteiger partial charge in [-0.1, -0.05) is 30.3 Å². The second-order valence-electron chi connectivity index (χ2n) is 5.26. The Morgan fingerprint density at radius 2 is 2.05 bits per heavy atom. The van der Waals surface area contributed by atoms with Crippen molar-refractivity contribution in [1.82, 2.24) is 5.32 Å². The summed E-state index contributed by atoms with van der Waals surface area (Å²) in [7, 11) is -2.34. The standard InChI is InChI=1S/C15H19N3O3S/c16-12-18-22(20)8-6-13(7-9-22)10-17-15(19)21-11-14-4-2-1-3-5-14/h1-5,13H,6-11H2,(H,17,19). The maximum absolute atomic E-state index is 12.0. The van der Waals surface area contributed by atoms with Crippen molar-refractivity contribution in [2.24, 2.45) is 10.3 Å². The van der Waals surface area contributed by atoms with Crippen molar-refractivity contribution in [2.45, 2.75) is 19.4 Å². The van der Waals surface area contributed by atoms with E-state index in [-0.39, 0.29) is 12.5 Å². The lowest BCUT2D eigenvalue weighted by atomic mass is 10.0. The summed E-state index contributed by atoms with van der Waals surface area (Å²) < 4.78 is 20.7. The number of benzene rings is 1. The molecule has 6 nitrogen and oxygen atoms in total. The second kappa shape index (κ2) is 7.80. The molecule has 1 aromatic carbocycles. The van der Waals surface area contributed by atoms with E-state index in [9.17, 15) is 9.00 Å². The molecule has 118 valence electrons. The smallest absolute Gasteiger partial charge is 0.407 e. The van der Waals surface area contributed by atoms with Crippen LogP contribution in [0.15, 0.2) is 34.7 Å². The first-order chi connectivity index (χ1) is 10.6. The van der Waals surface area contributed by atoms with Crippen LogP contribution in [0.25, 0.3) is 0 Å². The SMILES string of the molecule is N#CN=S1(=O)CCC(CNC(=O)OCc2ccccc2)CC1. The minimum absolute atomic E-state index is 0.242. The molecule has 1 aromatic rings. The summed E-state index contributed by atoms with van der Waals surface area (Å²) in [4.78, 5) is 11.6. The van der Waals surface area contributed by atoms with Gasteiger partial charge in [0.25, 0.3) is 0 Å². The highest BCUT2D eigenvalue weighted by molar-refractivity contribution is 7.93. The van der Waals surface area contributed by atoms with Gasteiger partial charge in [-0.05, 0) is 24.3 Å². The topological polar surface area (TPSA) is 91.5 Å². The van der Waals surface area contributed by atoms with Gasteiger partial charge in [0.15, 0.2) is 0 Å². The molecule has 1 N–H and O–H groups in total. The Labute approximate surface area is 130 Å². The average Bonchev–Trinajstić information content (AvgIpc) is 2.53. The number of amides is 1. The zero-order valence-corrected chi connectivity index (χ0v) is 13.1. The minimum atomic E-state index is -2.34. The molecule has 22 heavy (non-hydrogen) atoms. The van der Waals surface area contributed by atoms with Crippen molar-refractivity contribution in [1.29, 1.82) is 5.26 Å². The predicted molar refractivity (Wildman–Crippen MR) is 83.3 cm³/mol. The zero-order valence-electron chi connectivity index (χ0n) is 12.2. The summed E-state index contributed by atoms with van der Waals surface area (Å²) in [6.45, 7) is 0.738. The highest BCUT2D eigenvalue weighted by Crippen LogP contribution is 2.19. The van der Waals surface area contributed by atoms with Crippen molar-refractivity contribution < 1.29 is 13.7 Å². The number of nitrogens with zero attached hydrogens (tertiary/aromatic N) is 2. The van der Waals surface area contributed by atoms with Gasteiger partial charge in [-0.3, -0.25) is 0 Å². The summed E-state index contributed by atoms with van der Waals surface area (Å²) in [5.41, 5.74) is 0.938. The number of rotatable bonds is 4. The van der Waals surface area contributed by atoms with Crippen LogP contribution < -0.4 is 5.32 Å².